The Morgan fingerprint density at radius 3 is 2.44 bits per heavy atom. The van der Waals surface area contributed by atoms with Crippen molar-refractivity contribution in [1.29, 1.82) is 0 Å². The van der Waals surface area contributed by atoms with Gasteiger partial charge >= 0.3 is 5.97 Å². The minimum absolute atomic E-state index is 0.0155. The van der Waals surface area contributed by atoms with Crippen molar-refractivity contribution in [3.63, 3.8) is 0 Å². The van der Waals surface area contributed by atoms with Crippen molar-refractivity contribution >= 4 is 40.8 Å². The highest BCUT2D eigenvalue weighted by Crippen LogP contribution is 2.30. The first kappa shape index (κ1) is 18.7. The zero-order valence-electron chi connectivity index (χ0n) is 14.8. The number of aryl methyl sites for hydroxylation is 1. The van der Waals surface area contributed by atoms with E-state index in [9.17, 15) is 14.4 Å². The Morgan fingerprint density at radius 1 is 1.11 bits per heavy atom. The second kappa shape index (κ2) is 7.63. The maximum Gasteiger partial charge on any atom is 0.338 e. The molecule has 3 rings (SSSR count). The van der Waals surface area contributed by atoms with E-state index < -0.39 is 17.8 Å². The second-order valence-electron chi connectivity index (χ2n) is 5.90. The molecule has 0 aromatic heterocycles. The third-order valence-electron chi connectivity index (χ3n) is 3.95. The van der Waals surface area contributed by atoms with Crippen molar-refractivity contribution < 1.29 is 19.1 Å². The van der Waals surface area contributed by atoms with Crippen LogP contribution in [0.5, 0.6) is 0 Å². The van der Waals surface area contributed by atoms with E-state index in [1.807, 2.05) is 25.1 Å². The molecular weight excluding hydrogens is 368 g/mol. The number of amides is 2. The van der Waals surface area contributed by atoms with Gasteiger partial charge in [0.15, 0.2) is 0 Å². The standard InChI is InChI=1S/C20H17ClN2O4/c1-3-27-20(26)13-7-9-15(10-8-13)23-18(24)16(21)17(19(23)25)22-14-6-4-5-12(2)11-14/h4-11,22H,3H2,1-2H3. The third kappa shape index (κ3) is 3.71. The Kier molecular flexibility index (Phi) is 5.28. The number of halogens is 1. The van der Waals surface area contributed by atoms with E-state index in [1.165, 1.54) is 24.3 Å². The maximum absolute atomic E-state index is 12.7. The van der Waals surface area contributed by atoms with Gasteiger partial charge in [-0.1, -0.05) is 23.7 Å². The van der Waals surface area contributed by atoms with Gasteiger partial charge in [-0.15, -0.1) is 0 Å². The highest BCUT2D eigenvalue weighted by atomic mass is 35.5. The molecule has 0 spiro atoms. The van der Waals surface area contributed by atoms with Gasteiger partial charge in [-0.2, -0.15) is 0 Å². The second-order valence-corrected chi connectivity index (χ2v) is 6.27. The van der Waals surface area contributed by atoms with E-state index in [4.69, 9.17) is 16.3 Å². The van der Waals surface area contributed by atoms with Crippen LogP contribution in [-0.4, -0.2) is 24.4 Å². The summed E-state index contributed by atoms with van der Waals surface area (Å²) in [7, 11) is 0. The largest absolute Gasteiger partial charge is 0.462 e. The van der Waals surface area contributed by atoms with Crippen LogP contribution < -0.4 is 10.2 Å². The Labute approximate surface area is 161 Å². The summed E-state index contributed by atoms with van der Waals surface area (Å²) in [6.07, 6.45) is 0. The molecule has 1 heterocycles. The minimum atomic E-state index is -0.624. The van der Waals surface area contributed by atoms with Gasteiger partial charge in [0.25, 0.3) is 11.8 Å². The molecule has 0 atom stereocenters. The van der Waals surface area contributed by atoms with E-state index in [1.54, 1.807) is 13.0 Å². The van der Waals surface area contributed by atoms with Crippen molar-refractivity contribution in [2.45, 2.75) is 13.8 Å². The van der Waals surface area contributed by atoms with Gasteiger partial charge in [-0.05, 0) is 55.8 Å². The fraction of sp³-hybridized carbons (Fsp3) is 0.150. The van der Waals surface area contributed by atoms with Gasteiger partial charge in [0, 0.05) is 5.69 Å². The third-order valence-corrected chi connectivity index (χ3v) is 4.30. The minimum Gasteiger partial charge on any atom is -0.462 e. The summed E-state index contributed by atoms with van der Waals surface area (Å²) in [4.78, 5) is 37.9. The topological polar surface area (TPSA) is 75.7 Å². The van der Waals surface area contributed by atoms with Gasteiger partial charge in [-0.3, -0.25) is 9.59 Å². The fourth-order valence-corrected chi connectivity index (χ4v) is 2.89. The zero-order chi connectivity index (χ0) is 19.6. The number of imide groups is 1. The molecule has 2 aromatic carbocycles. The van der Waals surface area contributed by atoms with Crippen molar-refractivity contribution in [3.8, 4) is 0 Å². The number of nitrogens with one attached hydrogen (secondary N) is 1. The molecule has 0 fully saturated rings. The molecule has 1 aliphatic heterocycles. The van der Waals surface area contributed by atoms with Crippen LogP contribution in [0.4, 0.5) is 11.4 Å². The van der Waals surface area contributed by atoms with Gasteiger partial charge < -0.3 is 10.1 Å². The lowest BCUT2D eigenvalue weighted by Gasteiger charge is -2.15. The van der Waals surface area contributed by atoms with Crippen LogP contribution >= 0.6 is 11.6 Å². The average Bonchev–Trinajstić information content (AvgIpc) is 2.86. The monoisotopic (exact) mass is 384 g/mol. The average molecular weight is 385 g/mol. The van der Waals surface area contributed by atoms with Crippen LogP contribution in [0.15, 0.2) is 59.3 Å². The summed E-state index contributed by atoms with van der Waals surface area (Å²) >= 11 is 6.11. The molecule has 0 bridgehead atoms. The predicted molar refractivity (Wildman–Crippen MR) is 103 cm³/mol. The highest BCUT2D eigenvalue weighted by molar-refractivity contribution is 6.53. The Morgan fingerprint density at radius 2 is 1.81 bits per heavy atom. The van der Waals surface area contributed by atoms with E-state index >= 15 is 0 Å². The Bertz CT molecular complexity index is 951. The summed E-state index contributed by atoms with van der Waals surface area (Å²) in [5.74, 6) is -1.66. The van der Waals surface area contributed by atoms with Gasteiger partial charge in [-0.25, -0.2) is 9.69 Å². The van der Waals surface area contributed by atoms with E-state index in [0.29, 0.717) is 16.9 Å². The number of ether oxygens (including phenoxy) is 1. The first-order valence-electron chi connectivity index (χ1n) is 8.31. The molecule has 0 saturated heterocycles. The van der Waals surface area contributed by atoms with Gasteiger partial charge in [0.1, 0.15) is 10.7 Å². The summed E-state index contributed by atoms with van der Waals surface area (Å²) in [6.45, 7) is 3.89. The van der Waals surface area contributed by atoms with Crippen LogP contribution in [-0.2, 0) is 14.3 Å². The number of carbonyl (C=O) groups excluding carboxylic acids is 3. The number of rotatable bonds is 5. The van der Waals surface area contributed by atoms with Crippen LogP contribution in [0.3, 0.4) is 0 Å². The molecule has 0 aliphatic carbocycles. The van der Waals surface area contributed by atoms with Crippen molar-refractivity contribution in [2.24, 2.45) is 0 Å². The quantitative estimate of drug-likeness (QED) is 0.629. The van der Waals surface area contributed by atoms with Crippen molar-refractivity contribution in [1.82, 2.24) is 0 Å². The lowest BCUT2D eigenvalue weighted by Crippen LogP contribution is -2.32. The molecular formula is C20H17ClN2O4. The SMILES string of the molecule is CCOC(=O)c1ccc(N2C(=O)C(Cl)=C(Nc3cccc(C)c3)C2=O)cc1. The lowest BCUT2D eigenvalue weighted by atomic mass is 10.2. The van der Waals surface area contributed by atoms with Gasteiger partial charge in [0.05, 0.1) is 17.9 Å². The smallest absolute Gasteiger partial charge is 0.338 e. The Hall–Kier alpha value is -3.12. The molecule has 2 aromatic rings. The molecule has 1 aliphatic rings. The number of nitrogens with zero attached hydrogens (tertiary/aromatic N) is 1. The predicted octanol–water partition coefficient (Wildman–Crippen LogP) is 3.61. The summed E-state index contributed by atoms with van der Waals surface area (Å²) in [5, 5.41) is 2.73. The van der Waals surface area contributed by atoms with Crippen LogP contribution in [0.1, 0.15) is 22.8 Å². The maximum atomic E-state index is 12.7. The fourth-order valence-electron chi connectivity index (χ4n) is 2.67. The normalized spacial score (nSPS) is 14.0. The number of esters is 1. The molecule has 138 valence electrons. The number of carbonyl (C=O) groups is 3. The Balaban J connectivity index is 1.84. The molecule has 6 nitrogen and oxygen atoms in total. The van der Waals surface area contributed by atoms with Crippen LogP contribution in [0.2, 0.25) is 0 Å². The van der Waals surface area contributed by atoms with Crippen LogP contribution in [0.25, 0.3) is 0 Å². The van der Waals surface area contributed by atoms with Crippen LogP contribution in [0, 0.1) is 6.92 Å². The molecule has 0 saturated carbocycles. The molecule has 1 N–H and O–H groups in total. The van der Waals surface area contributed by atoms with E-state index in [0.717, 1.165) is 10.5 Å². The summed E-state index contributed by atoms with van der Waals surface area (Å²) < 4.78 is 4.92. The van der Waals surface area contributed by atoms with Gasteiger partial charge in [0.2, 0.25) is 0 Å². The number of anilines is 2. The summed E-state index contributed by atoms with van der Waals surface area (Å²) in [5.41, 5.74) is 2.32. The molecule has 27 heavy (non-hydrogen) atoms. The number of benzene rings is 2. The molecule has 0 radical (unpaired) electrons. The highest BCUT2D eigenvalue weighted by Gasteiger charge is 2.39. The number of hydrogen-bond donors (Lipinski definition) is 1. The van der Waals surface area contributed by atoms with E-state index in [2.05, 4.69) is 5.32 Å². The first-order valence-corrected chi connectivity index (χ1v) is 8.69. The first-order chi connectivity index (χ1) is 12.9. The molecule has 2 amide bonds. The lowest BCUT2D eigenvalue weighted by molar-refractivity contribution is -0.120. The number of hydrogen-bond acceptors (Lipinski definition) is 5. The van der Waals surface area contributed by atoms with E-state index in [-0.39, 0.29) is 17.3 Å². The van der Waals surface area contributed by atoms with Crippen molar-refractivity contribution in [2.75, 3.05) is 16.8 Å². The molecule has 0 unspecified atom stereocenters. The summed E-state index contributed by atoms with van der Waals surface area (Å²) in [6, 6.07) is 13.4. The zero-order valence-corrected chi connectivity index (χ0v) is 15.5. The molecule has 7 heteroatoms. The van der Waals surface area contributed by atoms with Crippen molar-refractivity contribution in [3.05, 3.63) is 70.4 Å².